The van der Waals surface area contributed by atoms with Crippen LogP contribution in [0.15, 0.2) is 108 Å². The van der Waals surface area contributed by atoms with E-state index in [2.05, 4.69) is 20.5 Å². The zero-order valence-electron chi connectivity index (χ0n) is 31.3. The van der Waals surface area contributed by atoms with E-state index >= 15 is 0 Å². The summed E-state index contributed by atoms with van der Waals surface area (Å²) in [6, 6.07) is 26.9. The van der Waals surface area contributed by atoms with Gasteiger partial charge < -0.3 is 45.7 Å². The number of carboxylic acid groups (broad SMARTS) is 1. The number of carbonyl (C=O) groups excluding carboxylic acids is 1. The second kappa shape index (κ2) is 18.9. The van der Waals surface area contributed by atoms with E-state index in [0.29, 0.717) is 53.2 Å². The van der Waals surface area contributed by atoms with Crippen molar-refractivity contribution in [3.63, 3.8) is 0 Å². The fourth-order valence-electron chi connectivity index (χ4n) is 7.30. The van der Waals surface area contributed by atoms with Gasteiger partial charge in [-0.15, -0.1) is 0 Å². The lowest BCUT2D eigenvalue weighted by molar-refractivity contribution is -0.155. The molecule has 4 aromatic carbocycles. The number of pyridine rings is 1. The molecule has 2 unspecified atom stereocenters. The fourth-order valence-corrected chi connectivity index (χ4v) is 7.30. The Hall–Kier alpha value is -5.53. The maximum atomic E-state index is 12.9. The number of aliphatic carboxylic acids is 1. The first-order valence-electron chi connectivity index (χ1n) is 19.2. The number of phenolic OH excluding ortho intramolecular Hbond substituents is 1. The molecule has 7 N–H and O–H groups in total. The monoisotopic (exact) mass is 762 g/mol. The molecule has 3 fully saturated rings. The molecular formula is C44H50N4O8. The Balaban J connectivity index is 0.000000583. The molecule has 12 nitrogen and oxygen atoms in total. The number of anilines is 1. The Morgan fingerprint density at radius 1 is 0.857 bits per heavy atom. The molecule has 294 valence electrons. The van der Waals surface area contributed by atoms with Gasteiger partial charge in [0.15, 0.2) is 0 Å². The van der Waals surface area contributed by atoms with Crippen molar-refractivity contribution in [1.29, 1.82) is 0 Å². The third kappa shape index (κ3) is 10.0. The molecule has 2 bridgehead atoms. The van der Waals surface area contributed by atoms with Crippen LogP contribution in [0.2, 0.25) is 0 Å². The van der Waals surface area contributed by atoms with Crippen LogP contribution in [0.4, 0.5) is 5.69 Å². The zero-order chi connectivity index (χ0) is 39.5. The maximum absolute atomic E-state index is 12.9. The highest BCUT2D eigenvalue weighted by Crippen LogP contribution is 2.32. The van der Waals surface area contributed by atoms with E-state index in [1.807, 2.05) is 0 Å². The van der Waals surface area contributed by atoms with E-state index in [4.69, 9.17) is 4.74 Å². The molecule has 0 saturated carbocycles. The van der Waals surface area contributed by atoms with Crippen LogP contribution in [0.5, 0.6) is 11.5 Å². The Kier molecular flexibility index (Phi) is 13.5. The Labute approximate surface area is 325 Å². The molecule has 1 aromatic heterocycles. The SMILES string of the molecule is C1CN2CCC1CC2.O=C(Nc1cccc(C(O)(C(=O)O)c2ccccc2)c1)c1ccc(OCCCCCNCC(O)c2ccc(O)c3[nH]c(=O)ccc23)cc1. The number of carbonyl (C=O) groups is 2. The second-order valence-electron chi connectivity index (χ2n) is 14.4. The van der Waals surface area contributed by atoms with Crippen LogP contribution < -0.4 is 20.9 Å². The molecule has 8 rings (SSSR count). The average molecular weight is 763 g/mol. The van der Waals surface area contributed by atoms with Crippen molar-refractivity contribution in [2.24, 2.45) is 5.92 Å². The first-order chi connectivity index (χ1) is 27.1. The van der Waals surface area contributed by atoms with E-state index in [1.54, 1.807) is 66.7 Å². The number of phenols is 1. The number of unbranched alkanes of at least 4 members (excludes halogenated alkanes) is 2. The van der Waals surface area contributed by atoms with Gasteiger partial charge in [-0.2, -0.15) is 0 Å². The van der Waals surface area contributed by atoms with Crippen LogP contribution in [-0.4, -0.2) is 81.5 Å². The Morgan fingerprint density at radius 3 is 2.23 bits per heavy atom. The van der Waals surface area contributed by atoms with Gasteiger partial charge in [0, 0.05) is 34.8 Å². The summed E-state index contributed by atoms with van der Waals surface area (Å²) in [4.78, 5) is 41.8. The van der Waals surface area contributed by atoms with Gasteiger partial charge in [0.05, 0.1) is 18.2 Å². The van der Waals surface area contributed by atoms with Gasteiger partial charge in [-0.3, -0.25) is 9.59 Å². The van der Waals surface area contributed by atoms with E-state index < -0.39 is 23.6 Å². The number of piperidine rings is 3. The Morgan fingerprint density at radius 2 is 1.57 bits per heavy atom. The number of H-pyrrole nitrogens is 1. The minimum atomic E-state index is -2.28. The molecule has 56 heavy (non-hydrogen) atoms. The number of aromatic nitrogens is 1. The number of hydrogen-bond acceptors (Lipinski definition) is 9. The van der Waals surface area contributed by atoms with Crippen LogP contribution in [0.25, 0.3) is 10.9 Å². The molecule has 0 spiro atoms. The van der Waals surface area contributed by atoms with Crippen LogP contribution in [0.1, 0.15) is 71.7 Å². The number of aromatic amines is 1. The summed E-state index contributed by atoms with van der Waals surface area (Å²) in [5.74, 6) is -0.149. The van der Waals surface area contributed by atoms with Crippen molar-refractivity contribution < 1.29 is 34.8 Å². The van der Waals surface area contributed by atoms with Crippen molar-refractivity contribution in [2.75, 3.05) is 44.6 Å². The number of nitrogens with zero attached hydrogens (tertiary/aromatic N) is 1. The van der Waals surface area contributed by atoms with E-state index in [-0.39, 0.29) is 22.4 Å². The molecule has 0 radical (unpaired) electrons. The first-order valence-corrected chi connectivity index (χ1v) is 19.2. The summed E-state index contributed by atoms with van der Waals surface area (Å²) in [5.41, 5.74) is -0.667. The zero-order valence-corrected chi connectivity index (χ0v) is 31.3. The smallest absolute Gasteiger partial charge is 0.345 e. The van der Waals surface area contributed by atoms with E-state index in [9.17, 15) is 34.8 Å². The summed E-state index contributed by atoms with van der Waals surface area (Å²) in [5, 5.41) is 48.3. The third-order valence-electron chi connectivity index (χ3n) is 10.6. The van der Waals surface area contributed by atoms with Gasteiger partial charge in [0.2, 0.25) is 11.2 Å². The van der Waals surface area contributed by atoms with Crippen molar-refractivity contribution in [1.82, 2.24) is 15.2 Å². The van der Waals surface area contributed by atoms with Crippen LogP contribution in [0.3, 0.4) is 0 Å². The lowest BCUT2D eigenvalue weighted by Crippen LogP contribution is -2.41. The highest BCUT2D eigenvalue weighted by Gasteiger charge is 2.40. The lowest BCUT2D eigenvalue weighted by Gasteiger charge is -2.38. The average Bonchev–Trinajstić information content (AvgIpc) is 3.23. The predicted octanol–water partition coefficient (Wildman–Crippen LogP) is 5.78. The number of benzene rings is 4. The largest absolute Gasteiger partial charge is 0.506 e. The molecule has 3 aliphatic rings. The van der Waals surface area contributed by atoms with Crippen molar-refractivity contribution in [3.8, 4) is 11.5 Å². The van der Waals surface area contributed by atoms with Gasteiger partial charge in [-0.05, 0) is 130 Å². The number of nitrogens with one attached hydrogen (secondary N) is 3. The van der Waals surface area contributed by atoms with Crippen molar-refractivity contribution >= 4 is 28.5 Å². The summed E-state index contributed by atoms with van der Waals surface area (Å²) < 4.78 is 5.82. The number of ether oxygens (including phenoxy) is 1. The van der Waals surface area contributed by atoms with Gasteiger partial charge in [0.1, 0.15) is 11.5 Å². The van der Waals surface area contributed by atoms with Crippen LogP contribution >= 0.6 is 0 Å². The third-order valence-corrected chi connectivity index (χ3v) is 10.6. The second-order valence-corrected chi connectivity index (χ2v) is 14.4. The molecule has 3 saturated heterocycles. The number of hydrogen-bond donors (Lipinski definition) is 7. The lowest BCUT2D eigenvalue weighted by atomic mass is 9.86. The number of carboxylic acids is 1. The first kappa shape index (κ1) is 40.1. The molecular weight excluding hydrogens is 713 g/mol. The van der Waals surface area contributed by atoms with Gasteiger partial charge >= 0.3 is 5.97 Å². The normalized spacial score (nSPS) is 17.6. The predicted molar refractivity (Wildman–Crippen MR) is 215 cm³/mol. The number of amides is 1. The topological polar surface area (TPSA) is 184 Å². The fraction of sp³-hybridized carbons (Fsp3) is 0.341. The summed E-state index contributed by atoms with van der Waals surface area (Å²) in [6.07, 6.45) is 6.22. The number of aliphatic hydroxyl groups is 2. The minimum Gasteiger partial charge on any atom is -0.506 e. The Bertz CT molecular complexity index is 2110. The molecule has 3 aliphatic heterocycles. The van der Waals surface area contributed by atoms with Crippen molar-refractivity contribution in [3.05, 3.63) is 136 Å². The number of fused-ring (bicyclic) bond motifs is 4. The van der Waals surface area contributed by atoms with E-state index in [1.165, 1.54) is 75.3 Å². The highest BCUT2D eigenvalue weighted by atomic mass is 16.5. The molecule has 0 aliphatic carbocycles. The van der Waals surface area contributed by atoms with Crippen molar-refractivity contribution in [2.45, 2.75) is 50.2 Å². The minimum absolute atomic E-state index is 0.0487. The van der Waals surface area contributed by atoms with E-state index in [0.717, 1.165) is 25.2 Å². The number of aromatic hydroxyl groups is 1. The summed E-state index contributed by atoms with van der Waals surface area (Å²) in [7, 11) is 0. The summed E-state index contributed by atoms with van der Waals surface area (Å²) >= 11 is 0. The van der Waals surface area contributed by atoms with Crippen LogP contribution in [-0.2, 0) is 10.4 Å². The number of rotatable bonds is 15. The molecule has 12 heteroatoms. The summed E-state index contributed by atoms with van der Waals surface area (Å²) in [6.45, 7) is 5.68. The van der Waals surface area contributed by atoms with Gasteiger partial charge in [0.25, 0.3) is 5.91 Å². The van der Waals surface area contributed by atoms with Gasteiger partial charge in [-0.25, -0.2) is 4.79 Å². The molecule has 5 aromatic rings. The molecule has 4 heterocycles. The molecule has 1 amide bonds. The standard InChI is InChI=1S/C37H37N3O8.C7H13N/c41-31-18-16-29(30-17-19-33(43)40-34(30)31)32(42)23-38-20-5-2-6-21-48-28-14-12-24(13-15-28)35(44)39-27-11-7-10-26(22-27)37(47,36(45)46)25-8-3-1-4-9-25;1-4-8-5-2-7(1)3-6-8/h1,3-4,7-19,22,32,38,41-42,47H,2,5-6,20-21,23H2,(H,39,44)(H,40,43)(H,45,46);7H,1-6H2. The number of aliphatic hydroxyl groups excluding tert-OH is 1. The molecule has 2 atom stereocenters. The quantitative estimate of drug-likeness (QED) is 0.0646. The maximum Gasteiger partial charge on any atom is 0.345 e. The highest BCUT2D eigenvalue weighted by molar-refractivity contribution is 6.04. The van der Waals surface area contributed by atoms with Gasteiger partial charge in [-0.1, -0.05) is 48.5 Å². The van der Waals surface area contributed by atoms with Crippen LogP contribution in [0, 0.1) is 5.92 Å².